The Labute approximate surface area is 98.4 Å². The van der Waals surface area contributed by atoms with Crippen molar-refractivity contribution in [2.75, 3.05) is 0 Å². The number of aromatic nitrogens is 3. The zero-order valence-corrected chi connectivity index (χ0v) is 9.41. The van der Waals surface area contributed by atoms with Gasteiger partial charge in [-0.3, -0.25) is 9.67 Å². The molecule has 0 saturated carbocycles. The summed E-state index contributed by atoms with van der Waals surface area (Å²) in [4.78, 5) is 4.01. The lowest BCUT2D eigenvalue weighted by atomic mass is 10.2. The lowest BCUT2D eigenvalue weighted by molar-refractivity contribution is 0.318. The van der Waals surface area contributed by atoms with Crippen LogP contribution in [0.25, 0.3) is 0 Å². The Morgan fingerprint density at radius 1 is 1.53 bits per heavy atom. The largest absolute Gasteiger partial charge is 0.409 e. The van der Waals surface area contributed by atoms with E-state index in [0.717, 1.165) is 11.3 Å². The number of rotatable bonds is 3. The molecule has 17 heavy (non-hydrogen) atoms. The number of nitrogens with two attached hydrogens (primary N) is 1. The standard InChI is InChI=1S/C11H13N5O/c1-8-3-5-16(14-8)7-9-2-4-13-10(6-9)11(12)15-17/h2-6,17H,7H2,1H3,(H2,12,15). The Balaban J connectivity index is 2.22. The molecule has 2 aromatic rings. The zero-order valence-electron chi connectivity index (χ0n) is 9.41. The van der Waals surface area contributed by atoms with Crippen LogP contribution in [-0.2, 0) is 6.54 Å². The van der Waals surface area contributed by atoms with Crippen LogP contribution in [-0.4, -0.2) is 25.8 Å². The van der Waals surface area contributed by atoms with Gasteiger partial charge < -0.3 is 10.9 Å². The highest BCUT2D eigenvalue weighted by molar-refractivity contribution is 5.95. The molecule has 2 heterocycles. The van der Waals surface area contributed by atoms with Gasteiger partial charge in [-0.05, 0) is 30.7 Å². The summed E-state index contributed by atoms with van der Waals surface area (Å²) in [7, 11) is 0. The zero-order chi connectivity index (χ0) is 12.3. The van der Waals surface area contributed by atoms with Gasteiger partial charge in [0.15, 0.2) is 5.84 Å². The van der Waals surface area contributed by atoms with E-state index in [4.69, 9.17) is 10.9 Å². The van der Waals surface area contributed by atoms with Crippen LogP contribution in [0.4, 0.5) is 0 Å². The van der Waals surface area contributed by atoms with Crippen LogP contribution in [0.1, 0.15) is 17.0 Å². The minimum absolute atomic E-state index is 0.00324. The van der Waals surface area contributed by atoms with Crippen molar-refractivity contribution in [1.82, 2.24) is 14.8 Å². The minimum atomic E-state index is 0.00324. The molecule has 0 saturated heterocycles. The molecular weight excluding hydrogens is 218 g/mol. The molecule has 0 radical (unpaired) electrons. The number of hydrogen-bond donors (Lipinski definition) is 2. The quantitative estimate of drug-likeness (QED) is 0.352. The average Bonchev–Trinajstić information content (AvgIpc) is 2.74. The van der Waals surface area contributed by atoms with E-state index in [1.807, 2.05) is 29.9 Å². The van der Waals surface area contributed by atoms with Gasteiger partial charge in [0.2, 0.25) is 0 Å². The third-order valence-corrected chi connectivity index (χ3v) is 2.31. The van der Waals surface area contributed by atoms with Crippen LogP contribution in [0, 0.1) is 6.92 Å². The molecule has 3 N–H and O–H groups in total. The third-order valence-electron chi connectivity index (χ3n) is 2.31. The smallest absolute Gasteiger partial charge is 0.188 e. The van der Waals surface area contributed by atoms with Gasteiger partial charge in [0.05, 0.1) is 12.2 Å². The second-order valence-corrected chi connectivity index (χ2v) is 3.69. The molecule has 0 amide bonds. The van der Waals surface area contributed by atoms with Crippen molar-refractivity contribution in [3.8, 4) is 0 Å². The van der Waals surface area contributed by atoms with Crippen LogP contribution >= 0.6 is 0 Å². The van der Waals surface area contributed by atoms with Gasteiger partial charge in [-0.2, -0.15) is 5.10 Å². The molecule has 0 spiro atoms. The Morgan fingerprint density at radius 3 is 3.00 bits per heavy atom. The van der Waals surface area contributed by atoms with Crippen molar-refractivity contribution in [2.24, 2.45) is 10.9 Å². The molecule has 0 aromatic carbocycles. The summed E-state index contributed by atoms with van der Waals surface area (Å²) in [5, 5.41) is 15.8. The highest BCUT2D eigenvalue weighted by Crippen LogP contribution is 2.04. The molecule has 0 atom stereocenters. The van der Waals surface area contributed by atoms with Crippen LogP contribution < -0.4 is 5.73 Å². The summed E-state index contributed by atoms with van der Waals surface area (Å²) < 4.78 is 1.82. The molecule has 0 aliphatic rings. The maximum absolute atomic E-state index is 8.58. The predicted molar refractivity (Wildman–Crippen MR) is 62.8 cm³/mol. The summed E-state index contributed by atoms with van der Waals surface area (Å²) in [6, 6.07) is 5.57. The molecule has 0 fully saturated rings. The third kappa shape index (κ3) is 2.60. The Morgan fingerprint density at radius 2 is 2.35 bits per heavy atom. The summed E-state index contributed by atoms with van der Waals surface area (Å²) >= 11 is 0. The summed E-state index contributed by atoms with van der Waals surface area (Å²) in [6.07, 6.45) is 3.53. The highest BCUT2D eigenvalue weighted by atomic mass is 16.4. The predicted octanol–water partition coefficient (Wildman–Crippen LogP) is 0.729. The fraction of sp³-hybridized carbons (Fsp3) is 0.182. The van der Waals surface area contributed by atoms with Gasteiger partial charge >= 0.3 is 0 Å². The first kappa shape index (κ1) is 11.1. The van der Waals surface area contributed by atoms with E-state index in [9.17, 15) is 0 Å². The Bertz CT molecular complexity index is 546. The molecule has 0 aliphatic heterocycles. The van der Waals surface area contributed by atoms with Crippen LogP contribution in [0.5, 0.6) is 0 Å². The fourth-order valence-corrected chi connectivity index (χ4v) is 1.50. The van der Waals surface area contributed by atoms with Crippen molar-refractivity contribution in [3.05, 3.63) is 47.5 Å². The number of nitrogens with zero attached hydrogens (tertiary/aromatic N) is 4. The van der Waals surface area contributed by atoms with Crippen LogP contribution in [0.3, 0.4) is 0 Å². The molecule has 2 aromatic heterocycles. The van der Waals surface area contributed by atoms with E-state index < -0.39 is 0 Å². The first-order chi connectivity index (χ1) is 8.19. The molecule has 88 valence electrons. The van der Waals surface area contributed by atoms with E-state index >= 15 is 0 Å². The topological polar surface area (TPSA) is 89.3 Å². The maximum atomic E-state index is 8.58. The van der Waals surface area contributed by atoms with Gasteiger partial charge in [0.25, 0.3) is 0 Å². The van der Waals surface area contributed by atoms with Crippen molar-refractivity contribution in [1.29, 1.82) is 0 Å². The number of hydrogen-bond acceptors (Lipinski definition) is 4. The number of amidine groups is 1. The summed E-state index contributed by atoms with van der Waals surface area (Å²) in [6.45, 7) is 2.56. The second kappa shape index (κ2) is 4.65. The maximum Gasteiger partial charge on any atom is 0.188 e. The number of aryl methyl sites for hydroxylation is 1. The number of oxime groups is 1. The normalized spacial score (nSPS) is 11.7. The van der Waals surface area contributed by atoms with E-state index in [0.29, 0.717) is 12.2 Å². The molecule has 2 rings (SSSR count). The SMILES string of the molecule is Cc1ccn(Cc2ccnc(C(N)=NO)c2)n1. The Kier molecular flexibility index (Phi) is 3.04. The first-order valence-corrected chi connectivity index (χ1v) is 5.12. The van der Waals surface area contributed by atoms with Crippen molar-refractivity contribution in [3.63, 3.8) is 0 Å². The van der Waals surface area contributed by atoms with E-state index in [1.165, 1.54) is 0 Å². The molecule has 0 aliphatic carbocycles. The van der Waals surface area contributed by atoms with Gasteiger partial charge in [0.1, 0.15) is 5.69 Å². The Hall–Kier alpha value is -2.37. The van der Waals surface area contributed by atoms with E-state index in [2.05, 4.69) is 15.2 Å². The van der Waals surface area contributed by atoms with Crippen LogP contribution in [0.2, 0.25) is 0 Å². The number of pyridine rings is 1. The lowest BCUT2D eigenvalue weighted by Crippen LogP contribution is -2.15. The average molecular weight is 231 g/mol. The van der Waals surface area contributed by atoms with Gasteiger partial charge in [-0.1, -0.05) is 5.16 Å². The van der Waals surface area contributed by atoms with Gasteiger partial charge in [0, 0.05) is 12.4 Å². The van der Waals surface area contributed by atoms with Crippen LogP contribution in [0.15, 0.2) is 35.7 Å². The van der Waals surface area contributed by atoms with E-state index in [1.54, 1.807) is 12.3 Å². The molecule has 0 unspecified atom stereocenters. The van der Waals surface area contributed by atoms with Crippen molar-refractivity contribution in [2.45, 2.75) is 13.5 Å². The van der Waals surface area contributed by atoms with E-state index in [-0.39, 0.29) is 5.84 Å². The molecular formula is C11H13N5O. The lowest BCUT2D eigenvalue weighted by Gasteiger charge is -2.03. The van der Waals surface area contributed by atoms with Crippen molar-refractivity contribution >= 4 is 5.84 Å². The first-order valence-electron chi connectivity index (χ1n) is 5.12. The molecule has 0 bridgehead atoms. The van der Waals surface area contributed by atoms with Gasteiger partial charge in [-0.25, -0.2) is 0 Å². The minimum Gasteiger partial charge on any atom is -0.409 e. The summed E-state index contributed by atoms with van der Waals surface area (Å²) in [5.74, 6) is 0.00324. The summed E-state index contributed by atoms with van der Waals surface area (Å²) in [5.41, 5.74) is 7.89. The molecule has 6 heteroatoms. The van der Waals surface area contributed by atoms with Gasteiger partial charge in [-0.15, -0.1) is 0 Å². The highest BCUT2D eigenvalue weighted by Gasteiger charge is 2.03. The fourth-order valence-electron chi connectivity index (χ4n) is 1.50. The van der Waals surface area contributed by atoms with Crippen molar-refractivity contribution < 1.29 is 5.21 Å². The molecule has 6 nitrogen and oxygen atoms in total. The second-order valence-electron chi connectivity index (χ2n) is 3.69. The monoisotopic (exact) mass is 231 g/mol.